The summed E-state index contributed by atoms with van der Waals surface area (Å²) in [5.74, 6) is 0.615. The molecule has 0 rings (SSSR count). The third-order valence-electron chi connectivity index (χ3n) is 0.955. The lowest BCUT2D eigenvalue weighted by Crippen LogP contribution is -2.06. The minimum absolute atomic E-state index is 0.279. The van der Waals surface area contributed by atoms with E-state index in [1.165, 1.54) is 0 Å². The Morgan fingerprint density at radius 1 is 1.10 bits per heavy atom. The second-order valence-corrected chi connectivity index (χ2v) is 4.21. The smallest absolute Gasteiger partial charge is 0.150 e. The van der Waals surface area contributed by atoms with Crippen LogP contribution in [0.2, 0.25) is 0 Å². The van der Waals surface area contributed by atoms with Crippen LogP contribution in [0.25, 0.3) is 0 Å². The molecular weight excluding hydrogens is 148 g/mol. The third kappa shape index (κ3) is 7.95. The van der Waals surface area contributed by atoms with Crippen LogP contribution in [0, 0.1) is 0 Å². The van der Waals surface area contributed by atoms with Crippen molar-refractivity contribution in [2.75, 3.05) is 11.5 Å². The molecule has 0 amide bonds. The Morgan fingerprint density at radius 3 is 1.60 bits per heavy atom. The first-order chi connectivity index (χ1) is 4.62. The first kappa shape index (κ1) is 12.6. The molecule has 0 N–H and O–H groups in total. The van der Waals surface area contributed by atoms with Gasteiger partial charge in [0, 0.05) is 11.5 Å². The van der Waals surface area contributed by atoms with Crippen LogP contribution in [0.15, 0.2) is 0 Å². The van der Waals surface area contributed by atoms with Crippen molar-refractivity contribution in [3.8, 4) is 0 Å². The van der Waals surface area contributed by atoms with E-state index in [2.05, 4.69) is 0 Å². The number of hydrogen-bond acceptors (Lipinski definition) is 2. The highest BCUT2D eigenvalue weighted by Crippen LogP contribution is 1.90. The minimum atomic E-state index is -2.67. The molecule has 0 aliphatic carbocycles. The van der Waals surface area contributed by atoms with E-state index in [0.29, 0.717) is 5.75 Å². The molecule has 0 aromatic heterocycles. The van der Waals surface area contributed by atoms with Gasteiger partial charge in [0.1, 0.15) is 9.84 Å². The average molecular weight is 166 g/mol. The Labute approximate surface area is 64.6 Å². The van der Waals surface area contributed by atoms with Gasteiger partial charge in [-0.25, -0.2) is 8.42 Å². The lowest BCUT2D eigenvalue weighted by atomic mass is 10.6. The molecule has 0 unspecified atom stereocenters. The maximum Gasteiger partial charge on any atom is 0.150 e. The fraction of sp³-hybridized carbons (Fsp3) is 1.00. The maximum absolute atomic E-state index is 10.6. The van der Waals surface area contributed by atoms with Crippen LogP contribution in [0.5, 0.6) is 0 Å². The molecule has 0 aromatic rings. The van der Waals surface area contributed by atoms with Crippen LogP contribution in [0.1, 0.15) is 34.1 Å². The van der Waals surface area contributed by atoms with Crippen molar-refractivity contribution >= 4 is 9.84 Å². The van der Waals surface area contributed by atoms with Gasteiger partial charge in [-0.3, -0.25) is 0 Å². The number of rotatable bonds is 3. The fourth-order valence-electron chi connectivity index (χ4n) is 0.455. The monoisotopic (exact) mass is 166 g/mol. The molecule has 3 heteroatoms. The van der Waals surface area contributed by atoms with Crippen molar-refractivity contribution in [1.29, 1.82) is 0 Å². The van der Waals surface area contributed by atoms with Gasteiger partial charge in [-0.15, -0.1) is 0 Å². The van der Waals surface area contributed by atoms with Crippen LogP contribution in [-0.2, 0) is 9.84 Å². The highest BCUT2D eigenvalue weighted by atomic mass is 32.2. The third-order valence-corrected chi connectivity index (χ3v) is 2.86. The van der Waals surface area contributed by atoms with Gasteiger partial charge < -0.3 is 0 Å². The van der Waals surface area contributed by atoms with Crippen molar-refractivity contribution in [1.82, 2.24) is 0 Å². The Hall–Kier alpha value is -0.0500. The van der Waals surface area contributed by atoms with E-state index in [0.717, 1.165) is 6.42 Å². The molecular formula is C7H18O2S. The Balaban J connectivity index is 0. The summed E-state index contributed by atoms with van der Waals surface area (Å²) in [4.78, 5) is 0. The summed E-state index contributed by atoms with van der Waals surface area (Å²) in [6, 6.07) is 0. The summed E-state index contributed by atoms with van der Waals surface area (Å²) in [6.45, 7) is 7.54. The molecule has 0 atom stereocenters. The molecule has 0 saturated heterocycles. The standard InChI is InChI=1S/C5H12O2S.C2H6/c1-3-5-8(6,7)4-2;1-2/h3-5H2,1-2H3;1-2H3. The van der Waals surface area contributed by atoms with Crippen molar-refractivity contribution in [3.05, 3.63) is 0 Å². The lowest BCUT2D eigenvalue weighted by Gasteiger charge is -1.93. The van der Waals surface area contributed by atoms with Crippen LogP contribution in [-0.4, -0.2) is 19.9 Å². The largest absolute Gasteiger partial charge is 0.229 e. The summed E-state index contributed by atoms with van der Waals surface area (Å²) in [6.07, 6.45) is 0.732. The molecule has 0 bridgehead atoms. The summed E-state index contributed by atoms with van der Waals surface area (Å²) in [5.41, 5.74) is 0. The molecule has 10 heavy (non-hydrogen) atoms. The minimum Gasteiger partial charge on any atom is -0.229 e. The zero-order valence-electron chi connectivity index (χ0n) is 7.35. The quantitative estimate of drug-likeness (QED) is 0.641. The fourth-order valence-corrected chi connectivity index (χ4v) is 1.37. The Kier molecular flexibility index (Phi) is 8.91. The SMILES string of the molecule is CC.CCCS(=O)(=O)CC. The van der Waals surface area contributed by atoms with Gasteiger partial charge >= 0.3 is 0 Å². The summed E-state index contributed by atoms with van der Waals surface area (Å²) in [7, 11) is -2.67. The summed E-state index contributed by atoms with van der Waals surface area (Å²) in [5, 5.41) is 0. The van der Waals surface area contributed by atoms with Gasteiger partial charge in [0.15, 0.2) is 0 Å². The first-order valence-corrected chi connectivity index (χ1v) is 5.65. The molecule has 0 fully saturated rings. The molecule has 0 spiro atoms. The van der Waals surface area contributed by atoms with Gasteiger partial charge in [0.2, 0.25) is 0 Å². The first-order valence-electron chi connectivity index (χ1n) is 3.82. The highest BCUT2D eigenvalue weighted by Gasteiger charge is 2.02. The van der Waals surface area contributed by atoms with Crippen LogP contribution >= 0.6 is 0 Å². The number of sulfone groups is 1. The molecule has 0 aromatic carbocycles. The zero-order valence-corrected chi connectivity index (χ0v) is 8.16. The van der Waals surface area contributed by atoms with E-state index in [9.17, 15) is 8.42 Å². The van der Waals surface area contributed by atoms with Crippen molar-refractivity contribution < 1.29 is 8.42 Å². The maximum atomic E-state index is 10.6. The highest BCUT2D eigenvalue weighted by molar-refractivity contribution is 7.91. The lowest BCUT2D eigenvalue weighted by molar-refractivity contribution is 0.596. The molecule has 0 heterocycles. The van der Waals surface area contributed by atoms with Gasteiger partial charge in [-0.1, -0.05) is 27.7 Å². The van der Waals surface area contributed by atoms with Crippen molar-refractivity contribution in [2.45, 2.75) is 34.1 Å². The van der Waals surface area contributed by atoms with E-state index in [-0.39, 0.29) is 5.75 Å². The zero-order chi connectivity index (χ0) is 8.62. The topological polar surface area (TPSA) is 34.1 Å². The van der Waals surface area contributed by atoms with E-state index in [4.69, 9.17) is 0 Å². The Bertz CT molecular complexity index is 136. The van der Waals surface area contributed by atoms with E-state index in [1.807, 2.05) is 20.8 Å². The van der Waals surface area contributed by atoms with Gasteiger partial charge in [-0.05, 0) is 6.42 Å². The van der Waals surface area contributed by atoms with Gasteiger partial charge in [0.05, 0.1) is 0 Å². The summed E-state index contributed by atoms with van der Waals surface area (Å²) >= 11 is 0. The van der Waals surface area contributed by atoms with Crippen LogP contribution in [0.4, 0.5) is 0 Å². The summed E-state index contributed by atoms with van der Waals surface area (Å²) < 4.78 is 21.2. The second-order valence-electron chi connectivity index (χ2n) is 1.74. The van der Waals surface area contributed by atoms with E-state index >= 15 is 0 Å². The molecule has 64 valence electrons. The van der Waals surface area contributed by atoms with Gasteiger partial charge in [-0.2, -0.15) is 0 Å². The molecule has 0 radical (unpaired) electrons. The molecule has 0 aliphatic rings. The molecule has 0 saturated carbocycles. The number of hydrogen-bond donors (Lipinski definition) is 0. The van der Waals surface area contributed by atoms with Crippen molar-refractivity contribution in [3.63, 3.8) is 0 Å². The Morgan fingerprint density at radius 2 is 1.50 bits per heavy atom. The van der Waals surface area contributed by atoms with Crippen molar-refractivity contribution in [2.24, 2.45) is 0 Å². The van der Waals surface area contributed by atoms with Crippen LogP contribution < -0.4 is 0 Å². The van der Waals surface area contributed by atoms with E-state index < -0.39 is 9.84 Å². The molecule has 2 nitrogen and oxygen atoms in total. The average Bonchev–Trinajstić information content (AvgIpc) is 1.93. The molecule has 0 aliphatic heterocycles. The predicted octanol–water partition coefficient (Wildman–Crippen LogP) is 1.86. The second kappa shape index (κ2) is 7.06. The van der Waals surface area contributed by atoms with E-state index in [1.54, 1.807) is 6.92 Å². The van der Waals surface area contributed by atoms with Crippen LogP contribution in [0.3, 0.4) is 0 Å². The van der Waals surface area contributed by atoms with Gasteiger partial charge in [0.25, 0.3) is 0 Å². The predicted molar refractivity (Wildman–Crippen MR) is 46.0 cm³/mol. The normalized spacial score (nSPS) is 10.0.